The van der Waals surface area contributed by atoms with Gasteiger partial charge in [0, 0.05) is 19.1 Å². The highest BCUT2D eigenvalue weighted by molar-refractivity contribution is 5.85. The maximum atomic E-state index is 3.63. The Morgan fingerprint density at radius 1 is 1.16 bits per heavy atom. The first-order chi connectivity index (χ1) is 8.70. The topological polar surface area (TPSA) is 15.3 Å². The van der Waals surface area contributed by atoms with Crippen LogP contribution in [0, 0.1) is 19.8 Å². The molecule has 2 aliphatic heterocycles. The predicted molar refractivity (Wildman–Crippen MR) is 83.0 cm³/mol. The van der Waals surface area contributed by atoms with E-state index in [1.165, 1.54) is 49.2 Å². The van der Waals surface area contributed by atoms with E-state index in [2.05, 4.69) is 42.3 Å². The van der Waals surface area contributed by atoms with E-state index in [1.807, 2.05) is 0 Å². The van der Waals surface area contributed by atoms with Crippen molar-refractivity contribution >= 4 is 12.4 Å². The Morgan fingerprint density at radius 2 is 1.89 bits per heavy atom. The van der Waals surface area contributed by atoms with Crippen molar-refractivity contribution in [1.82, 2.24) is 10.2 Å². The number of nitrogens with one attached hydrogen (secondary N) is 1. The van der Waals surface area contributed by atoms with Gasteiger partial charge in [0.2, 0.25) is 0 Å². The summed E-state index contributed by atoms with van der Waals surface area (Å²) in [6.45, 7) is 9.29. The normalized spacial score (nSPS) is 26.8. The number of rotatable bonds is 2. The Balaban J connectivity index is 0.00000133. The highest BCUT2D eigenvalue weighted by Gasteiger charge is 2.32. The number of benzene rings is 1. The minimum Gasteiger partial charge on any atom is -0.314 e. The van der Waals surface area contributed by atoms with Gasteiger partial charge < -0.3 is 5.32 Å². The van der Waals surface area contributed by atoms with E-state index in [0.29, 0.717) is 0 Å². The number of fused-ring (bicyclic) bond motifs is 1. The fourth-order valence-electron chi connectivity index (χ4n) is 3.68. The van der Waals surface area contributed by atoms with E-state index in [0.717, 1.165) is 18.5 Å². The molecule has 0 saturated carbocycles. The summed E-state index contributed by atoms with van der Waals surface area (Å²) in [5.41, 5.74) is 4.27. The number of hydrogen-bond donors (Lipinski definition) is 1. The van der Waals surface area contributed by atoms with Crippen molar-refractivity contribution in [2.24, 2.45) is 5.92 Å². The molecule has 106 valence electrons. The van der Waals surface area contributed by atoms with Gasteiger partial charge in [-0.2, -0.15) is 0 Å². The third-order valence-corrected chi connectivity index (χ3v) is 4.43. The van der Waals surface area contributed by atoms with E-state index >= 15 is 0 Å². The molecule has 2 heterocycles. The summed E-state index contributed by atoms with van der Waals surface area (Å²) < 4.78 is 0. The van der Waals surface area contributed by atoms with Crippen LogP contribution in [0.3, 0.4) is 0 Å². The lowest BCUT2D eigenvalue weighted by atomic mass is 9.93. The third-order valence-electron chi connectivity index (χ3n) is 4.43. The van der Waals surface area contributed by atoms with Gasteiger partial charge in [0.25, 0.3) is 0 Å². The SMILES string of the molecule is Cc1cc(C)cc(CN2CCC3NCCC3C2)c1.Cl. The van der Waals surface area contributed by atoms with Gasteiger partial charge in [-0.1, -0.05) is 29.3 Å². The second-order valence-electron chi connectivity index (χ2n) is 6.13. The molecule has 3 heteroatoms. The summed E-state index contributed by atoms with van der Waals surface area (Å²) in [5, 5.41) is 3.63. The molecule has 0 bridgehead atoms. The Bertz CT molecular complexity index is 413. The summed E-state index contributed by atoms with van der Waals surface area (Å²) >= 11 is 0. The number of halogens is 1. The molecule has 0 aromatic heterocycles. The average molecular weight is 281 g/mol. The van der Waals surface area contributed by atoms with Crippen molar-refractivity contribution in [3.8, 4) is 0 Å². The lowest BCUT2D eigenvalue weighted by Crippen LogP contribution is -2.43. The molecule has 1 aromatic rings. The zero-order valence-electron chi connectivity index (χ0n) is 12.0. The summed E-state index contributed by atoms with van der Waals surface area (Å²) in [4.78, 5) is 2.64. The second kappa shape index (κ2) is 6.25. The van der Waals surface area contributed by atoms with Gasteiger partial charge in [0.1, 0.15) is 0 Å². The molecule has 0 radical (unpaired) electrons. The lowest BCUT2D eigenvalue weighted by molar-refractivity contribution is 0.156. The van der Waals surface area contributed by atoms with Gasteiger partial charge in [0.15, 0.2) is 0 Å². The maximum absolute atomic E-state index is 3.63. The van der Waals surface area contributed by atoms with Gasteiger partial charge >= 0.3 is 0 Å². The molecule has 2 atom stereocenters. The number of hydrogen-bond acceptors (Lipinski definition) is 2. The van der Waals surface area contributed by atoms with Gasteiger partial charge in [0.05, 0.1) is 0 Å². The molecule has 19 heavy (non-hydrogen) atoms. The molecular weight excluding hydrogens is 256 g/mol. The fraction of sp³-hybridized carbons (Fsp3) is 0.625. The van der Waals surface area contributed by atoms with Crippen molar-refractivity contribution in [3.05, 3.63) is 34.9 Å². The molecule has 0 spiro atoms. The first-order valence-electron chi connectivity index (χ1n) is 7.23. The minimum absolute atomic E-state index is 0. The molecule has 0 aliphatic carbocycles. The van der Waals surface area contributed by atoms with Gasteiger partial charge in [-0.15, -0.1) is 12.4 Å². The largest absolute Gasteiger partial charge is 0.314 e. The second-order valence-corrected chi connectivity index (χ2v) is 6.13. The van der Waals surface area contributed by atoms with Gasteiger partial charge in [-0.3, -0.25) is 4.90 Å². The summed E-state index contributed by atoms with van der Waals surface area (Å²) in [5.74, 6) is 0.893. The molecule has 2 aliphatic rings. The van der Waals surface area contributed by atoms with Crippen LogP contribution in [-0.4, -0.2) is 30.6 Å². The van der Waals surface area contributed by atoms with Crippen molar-refractivity contribution in [2.75, 3.05) is 19.6 Å². The van der Waals surface area contributed by atoms with Crippen molar-refractivity contribution in [3.63, 3.8) is 0 Å². The molecular formula is C16H25ClN2. The number of piperidine rings is 1. The molecule has 0 amide bonds. The molecule has 1 N–H and O–H groups in total. The van der Waals surface area contributed by atoms with Crippen LogP contribution in [0.1, 0.15) is 29.5 Å². The Morgan fingerprint density at radius 3 is 2.63 bits per heavy atom. The number of likely N-dealkylation sites (tertiary alicyclic amines) is 1. The fourth-order valence-corrected chi connectivity index (χ4v) is 3.68. The average Bonchev–Trinajstić information content (AvgIpc) is 2.74. The van der Waals surface area contributed by atoms with Gasteiger partial charge in [-0.05, 0) is 51.3 Å². The van der Waals surface area contributed by atoms with Crippen LogP contribution in [0.4, 0.5) is 0 Å². The van der Waals surface area contributed by atoms with E-state index in [4.69, 9.17) is 0 Å². The highest BCUT2D eigenvalue weighted by Crippen LogP contribution is 2.25. The molecule has 2 unspecified atom stereocenters. The van der Waals surface area contributed by atoms with Crippen LogP contribution >= 0.6 is 12.4 Å². The zero-order valence-corrected chi connectivity index (χ0v) is 12.8. The summed E-state index contributed by atoms with van der Waals surface area (Å²) in [6.07, 6.45) is 2.70. The van der Waals surface area contributed by atoms with Crippen LogP contribution < -0.4 is 5.32 Å². The van der Waals surface area contributed by atoms with Crippen LogP contribution in [0.2, 0.25) is 0 Å². The summed E-state index contributed by atoms with van der Waals surface area (Å²) in [7, 11) is 0. The molecule has 2 nitrogen and oxygen atoms in total. The van der Waals surface area contributed by atoms with Crippen LogP contribution in [0.15, 0.2) is 18.2 Å². The van der Waals surface area contributed by atoms with Crippen LogP contribution in [0.25, 0.3) is 0 Å². The predicted octanol–water partition coefficient (Wildman–Crippen LogP) is 2.91. The molecule has 3 rings (SSSR count). The van der Waals surface area contributed by atoms with E-state index < -0.39 is 0 Å². The van der Waals surface area contributed by atoms with Crippen LogP contribution in [0.5, 0.6) is 0 Å². The quantitative estimate of drug-likeness (QED) is 0.896. The van der Waals surface area contributed by atoms with E-state index in [-0.39, 0.29) is 12.4 Å². The third kappa shape index (κ3) is 3.50. The highest BCUT2D eigenvalue weighted by atomic mass is 35.5. The first-order valence-corrected chi connectivity index (χ1v) is 7.23. The molecule has 1 aromatic carbocycles. The Hall–Kier alpha value is -0.570. The molecule has 2 fully saturated rings. The van der Waals surface area contributed by atoms with Gasteiger partial charge in [-0.25, -0.2) is 0 Å². The lowest BCUT2D eigenvalue weighted by Gasteiger charge is -2.35. The number of nitrogens with zero attached hydrogens (tertiary/aromatic N) is 1. The van der Waals surface area contributed by atoms with E-state index in [9.17, 15) is 0 Å². The minimum atomic E-state index is 0. The van der Waals surface area contributed by atoms with Crippen molar-refractivity contribution in [1.29, 1.82) is 0 Å². The zero-order chi connectivity index (χ0) is 12.5. The standard InChI is InChI=1S/C16H24N2.ClH/c1-12-7-13(2)9-14(8-12)10-18-6-4-16-15(11-18)3-5-17-16;/h7-9,15-17H,3-6,10-11H2,1-2H3;1H. The van der Waals surface area contributed by atoms with Crippen molar-refractivity contribution < 1.29 is 0 Å². The Labute approximate surface area is 123 Å². The maximum Gasteiger partial charge on any atom is 0.0234 e. The smallest absolute Gasteiger partial charge is 0.0234 e. The summed E-state index contributed by atoms with van der Waals surface area (Å²) in [6, 6.07) is 7.75. The van der Waals surface area contributed by atoms with Crippen molar-refractivity contribution in [2.45, 2.75) is 39.3 Å². The van der Waals surface area contributed by atoms with Crippen LogP contribution in [-0.2, 0) is 6.54 Å². The molecule has 2 saturated heterocycles. The first kappa shape index (κ1) is 14.8. The monoisotopic (exact) mass is 280 g/mol. The Kier molecular flexibility index (Phi) is 4.88. The van der Waals surface area contributed by atoms with E-state index in [1.54, 1.807) is 0 Å². The number of aryl methyl sites for hydroxylation is 2.